The summed E-state index contributed by atoms with van der Waals surface area (Å²) in [5.41, 5.74) is -6.73. The first-order valence-corrected chi connectivity index (χ1v) is 12.4. The van der Waals surface area contributed by atoms with Crippen LogP contribution in [0.2, 0.25) is 0 Å². The topological polar surface area (TPSA) is 26.3 Å². The third kappa shape index (κ3) is 2.98. The number of hydrogen-bond donors (Lipinski definition) is 0. The highest BCUT2D eigenvalue weighted by molar-refractivity contribution is 14.1. The molecule has 34 heavy (non-hydrogen) atoms. The summed E-state index contributed by atoms with van der Waals surface area (Å²) in [6, 6.07) is 0. The highest BCUT2D eigenvalue weighted by Gasteiger charge is 3.00. The lowest BCUT2D eigenvalue weighted by atomic mass is 9.47. The monoisotopic (exact) mass is 620 g/mol. The summed E-state index contributed by atoms with van der Waals surface area (Å²) in [6.45, 7) is 4.37. The third-order valence-corrected chi connectivity index (χ3v) is 9.59. The summed E-state index contributed by atoms with van der Waals surface area (Å²) in [4.78, 5) is 13.2. The van der Waals surface area contributed by atoms with Gasteiger partial charge in [-0.1, -0.05) is 36.4 Å². The summed E-state index contributed by atoms with van der Waals surface area (Å²) in [5.74, 6) is -27.0. The average molecular weight is 620 g/mol. The predicted molar refractivity (Wildman–Crippen MR) is 111 cm³/mol. The smallest absolute Gasteiger partial charge is 0.381 e. The molecule has 0 N–H and O–H groups in total. The van der Waals surface area contributed by atoms with Gasteiger partial charge in [-0.25, -0.2) is 4.39 Å². The maximum absolute atomic E-state index is 15.2. The predicted octanol–water partition coefficient (Wildman–Crippen LogP) is 7.23. The zero-order valence-electron chi connectivity index (χ0n) is 18.7. The Labute approximate surface area is 204 Å². The van der Waals surface area contributed by atoms with Gasteiger partial charge in [0.2, 0.25) is 0 Å². The molecule has 12 heteroatoms. The fraction of sp³-hybridized carbons (Fsp3) is 0.955. The summed E-state index contributed by atoms with van der Waals surface area (Å²) in [5, 5.41) is 0. The van der Waals surface area contributed by atoms with Crippen LogP contribution in [0.15, 0.2) is 0 Å². The summed E-state index contributed by atoms with van der Waals surface area (Å²) in [6.07, 6.45) is 1.83. The Balaban J connectivity index is 1.66. The van der Waals surface area contributed by atoms with Crippen molar-refractivity contribution in [1.29, 1.82) is 0 Å². The minimum absolute atomic E-state index is 0.0673. The molecule has 0 aromatic carbocycles. The summed E-state index contributed by atoms with van der Waals surface area (Å²) in [7, 11) is 0. The van der Waals surface area contributed by atoms with Crippen molar-refractivity contribution >= 4 is 28.6 Å². The van der Waals surface area contributed by atoms with E-state index in [1.165, 1.54) is 0 Å². The molecule has 1 atom stereocenters. The number of alkyl halides is 10. The van der Waals surface area contributed by atoms with E-state index in [-0.39, 0.29) is 17.8 Å². The normalized spacial score (nSPS) is 41.9. The van der Waals surface area contributed by atoms with Gasteiger partial charge in [-0.2, -0.15) is 35.1 Å². The van der Waals surface area contributed by atoms with Crippen LogP contribution in [-0.2, 0) is 9.53 Å². The van der Waals surface area contributed by atoms with Crippen molar-refractivity contribution < 1.29 is 49.0 Å². The lowest BCUT2D eigenvalue weighted by Gasteiger charge is -2.62. The minimum atomic E-state index is -6.66. The molecular weight excluding hydrogens is 594 g/mol. The second-order valence-corrected chi connectivity index (χ2v) is 13.6. The van der Waals surface area contributed by atoms with Gasteiger partial charge in [0.15, 0.2) is 0 Å². The summed E-state index contributed by atoms with van der Waals surface area (Å²) >= 11 is 1.07. The molecule has 5 rings (SSSR count). The van der Waals surface area contributed by atoms with E-state index >= 15 is 4.39 Å². The van der Waals surface area contributed by atoms with Crippen LogP contribution in [0.1, 0.15) is 59.3 Å². The van der Waals surface area contributed by atoms with E-state index < -0.39 is 50.8 Å². The molecule has 0 heterocycles. The maximum Gasteiger partial charge on any atom is 0.381 e. The number of esters is 1. The number of carbonyl (C=O) groups is 1. The van der Waals surface area contributed by atoms with Gasteiger partial charge in [0.25, 0.3) is 5.67 Å². The molecule has 0 aliphatic heterocycles. The van der Waals surface area contributed by atoms with Gasteiger partial charge < -0.3 is 4.74 Å². The Bertz CT molecular complexity index is 816. The van der Waals surface area contributed by atoms with Crippen molar-refractivity contribution in [2.75, 3.05) is 0 Å². The number of halogens is 10. The Morgan fingerprint density at radius 2 is 1.21 bits per heavy atom. The van der Waals surface area contributed by atoms with E-state index in [4.69, 9.17) is 4.74 Å². The minimum Gasteiger partial charge on any atom is -0.457 e. The first kappa shape index (κ1) is 26.6. The molecule has 5 aliphatic carbocycles. The van der Waals surface area contributed by atoms with Crippen molar-refractivity contribution in [3.8, 4) is 0 Å². The van der Waals surface area contributed by atoms with E-state index in [9.17, 15) is 39.9 Å². The largest absolute Gasteiger partial charge is 0.457 e. The van der Waals surface area contributed by atoms with Crippen molar-refractivity contribution in [2.24, 2.45) is 29.6 Å². The lowest BCUT2D eigenvalue weighted by Crippen LogP contribution is -2.64. The molecule has 2 nitrogen and oxygen atoms in total. The van der Waals surface area contributed by atoms with Crippen molar-refractivity contribution in [3.05, 3.63) is 0 Å². The van der Waals surface area contributed by atoms with Gasteiger partial charge >= 0.3 is 29.7 Å². The van der Waals surface area contributed by atoms with Crippen molar-refractivity contribution in [1.82, 2.24) is 0 Å². The molecule has 196 valence electrons. The highest BCUT2D eigenvalue weighted by atomic mass is 127. The summed E-state index contributed by atoms with van der Waals surface area (Å²) < 4.78 is 130. The first-order valence-electron chi connectivity index (χ1n) is 11.3. The standard InChI is InChI=1S/C22H26F9IO2/c1-10(2)18(13-5-11-4-12(7-13)8-14(18)6-11)34-15(33)16(3,32)9-17(23)19(24,25)21(28,29)22(30,31)20(17,26)27/h10-14H,4-9H2,1-3H3. The molecule has 0 saturated heterocycles. The van der Waals surface area contributed by atoms with Crippen molar-refractivity contribution in [3.63, 3.8) is 0 Å². The van der Waals surface area contributed by atoms with Crippen LogP contribution >= 0.6 is 22.6 Å². The Hall–Kier alpha value is -0.430. The van der Waals surface area contributed by atoms with Crippen LogP contribution in [0.4, 0.5) is 39.5 Å². The first-order chi connectivity index (χ1) is 15.2. The van der Waals surface area contributed by atoms with E-state index in [1.54, 1.807) is 13.8 Å². The quantitative estimate of drug-likeness (QED) is 0.140. The van der Waals surface area contributed by atoms with Gasteiger partial charge in [-0.05, 0) is 68.6 Å². The van der Waals surface area contributed by atoms with E-state index in [2.05, 4.69) is 0 Å². The molecule has 4 bridgehead atoms. The lowest BCUT2D eigenvalue weighted by molar-refractivity contribution is -0.303. The average Bonchev–Trinajstić information content (AvgIpc) is 2.72. The second kappa shape index (κ2) is 7.33. The van der Waals surface area contributed by atoms with Crippen LogP contribution in [0.3, 0.4) is 0 Å². The van der Waals surface area contributed by atoms with Gasteiger partial charge in [0.05, 0.1) is 0 Å². The van der Waals surface area contributed by atoms with Crippen LogP contribution < -0.4 is 0 Å². The fourth-order valence-corrected chi connectivity index (χ4v) is 7.89. The molecule has 0 amide bonds. The highest BCUT2D eigenvalue weighted by Crippen LogP contribution is 2.71. The van der Waals surface area contributed by atoms with Crippen molar-refractivity contribution in [2.45, 2.75) is 97.7 Å². The van der Waals surface area contributed by atoms with Gasteiger partial charge in [0, 0.05) is 6.42 Å². The molecule has 5 fully saturated rings. The molecule has 0 aromatic rings. The second-order valence-electron chi connectivity index (χ2n) is 11.2. The van der Waals surface area contributed by atoms with Crippen LogP contribution in [0, 0.1) is 29.6 Å². The molecule has 0 radical (unpaired) electrons. The zero-order chi connectivity index (χ0) is 25.9. The number of ether oxygens (including phenoxy) is 1. The zero-order valence-corrected chi connectivity index (χ0v) is 20.9. The Morgan fingerprint density at radius 1 is 0.824 bits per heavy atom. The molecular formula is C22H26F9IO2. The van der Waals surface area contributed by atoms with E-state index in [0.717, 1.165) is 61.6 Å². The van der Waals surface area contributed by atoms with E-state index in [0.29, 0.717) is 11.8 Å². The van der Waals surface area contributed by atoms with Gasteiger partial charge in [0.1, 0.15) is 9.02 Å². The molecule has 0 spiro atoms. The maximum atomic E-state index is 15.2. The Kier molecular flexibility index (Phi) is 5.74. The molecule has 1 unspecified atom stereocenters. The van der Waals surface area contributed by atoms with Gasteiger partial charge in [-0.3, -0.25) is 4.79 Å². The Morgan fingerprint density at radius 3 is 1.56 bits per heavy atom. The third-order valence-electron chi connectivity index (χ3n) is 8.77. The van der Waals surface area contributed by atoms with Crippen LogP contribution in [0.5, 0.6) is 0 Å². The SMILES string of the molecule is CC(C)C1(OC(=O)C(C)(I)CC2(F)C(F)(F)C(F)(F)C(F)(F)C2(F)F)C2CC3CC(C2)CC1C3. The molecule has 5 aliphatic rings. The van der Waals surface area contributed by atoms with E-state index in [1.807, 2.05) is 0 Å². The van der Waals surface area contributed by atoms with Crippen LogP contribution in [0.25, 0.3) is 0 Å². The number of carbonyl (C=O) groups excluding carboxylic acids is 1. The van der Waals surface area contributed by atoms with Gasteiger partial charge in [-0.15, -0.1) is 0 Å². The number of rotatable bonds is 5. The van der Waals surface area contributed by atoms with Crippen LogP contribution in [-0.4, -0.2) is 44.4 Å². The fourth-order valence-electron chi connectivity index (χ4n) is 7.26. The molecule has 0 aromatic heterocycles. The number of hydrogen-bond acceptors (Lipinski definition) is 2. The molecule has 5 saturated carbocycles.